The Morgan fingerprint density at radius 2 is 2.00 bits per heavy atom. The molecule has 1 heterocycles. The van der Waals surface area contributed by atoms with E-state index in [0.29, 0.717) is 35.0 Å². The average Bonchev–Trinajstić information content (AvgIpc) is 2.56. The number of carbonyl (C=O) groups excluding carboxylic acids is 1. The summed E-state index contributed by atoms with van der Waals surface area (Å²) in [6.45, 7) is 7.62. The van der Waals surface area contributed by atoms with Crippen molar-refractivity contribution in [2.24, 2.45) is 0 Å². The number of aliphatic hydroxyl groups excluding tert-OH is 1. The van der Waals surface area contributed by atoms with Crippen LogP contribution in [0.1, 0.15) is 62.6 Å². The third-order valence-corrected chi connectivity index (χ3v) is 4.47. The summed E-state index contributed by atoms with van der Waals surface area (Å²) in [7, 11) is 2.97. The maximum atomic E-state index is 12.2. The molecule has 0 radical (unpaired) electrons. The fraction of sp³-hybridized carbons (Fsp3) is 0.632. The highest BCUT2D eigenvalue weighted by Gasteiger charge is 2.46. The Balaban J connectivity index is 2.66. The van der Waals surface area contributed by atoms with Gasteiger partial charge >= 0.3 is 0 Å². The van der Waals surface area contributed by atoms with Gasteiger partial charge in [-0.05, 0) is 27.2 Å². The van der Waals surface area contributed by atoms with Crippen LogP contribution in [0.3, 0.4) is 0 Å². The van der Waals surface area contributed by atoms with Crippen LogP contribution in [0.25, 0.3) is 0 Å². The third kappa shape index (κ3) is 3.60. The Bertz CT molecular complexity index is 637. The number of aliphatic hydroxyl groups is 1. The van der Waals surface area contributed by atoms with Crippen molar-refractivity contribution in [3.63, 3.8) is 0 Å². The Hall–Kier alpha value is -1.79. The molecule has 1 N–H and O–H groups in total. The van der Waals surface area contributed by atoms with Gasteiger partial charge in [-0.25, -0.2) is 0 Å². The van der Waals surface area contributed by atoms with Gasteiger partial charge in [0.15, 0.2) is 5.78 Å². The molecule has 0 saturated carbocycles. The van der Waals surface area contributed by atoms with Gasteiger partial charge < -0.3 is 24.1 Å². The van der Waals surface area contributed by atoms with E-state index in [1.165, 1.54) is 21.1 Å². The average molecular weight is 352 g/mol. The molecule has 0 aliphatic carbocycles. The monoisotopic (exact) mass is 352 g/mol. The van der Waals surface area contributed by atoms with Crippen LogP contribution in [0.5, 0.6) is 17.2 Å². The predicted octanol–water partition coefficient (Wildman–Crippen LogP) is 3.30. The van der Waals surface area contributed by atoms with Crippen LogP contribution >= 0.6 is 0 Å². The molecule has 0 spiro atoms. The quantitative estimate of drug-likeness (QED) is 0.599. The van der Waals surface area contributed by atoms with Crippen molar-refractivity contribution in [1.82, 2.24) is 0 Å². The van der Waals surface area contributed by atoms with E-state index in [9.17, 15) is 9.90 Å². The molecular weight excluding hydrogens is 324 g/mol. The van der Waals surface area contributed by atoms with Gasteiger partial charge in [-0.3, -0.25) is 4.79 Å². The van der Waals surface area contributed by atoms with Crippen molar-refractivity contribution in [3.05, 3.63) is 17.2 Å². The highest BCUT2D eigenvalue weighted by Crippen LogP contribution is 2.50. The normalized spacial score (nSPS) is 21.2. The summed E-state index contributed by atoms with van der Waals surface area (Å²) in [6, 6.07) is 1.67. The summed E-state index contributed by atoms with van der Waals surface area (Å²) in [6.07, 6.45) is 0.300. The first-order valence-corrected chi connectivity index (χ1v) is 8.56. The SMILES string of the molecule is CCCCO[C@H]1c2c(cc(OC)c(C(C)=O)c2OC)OC(C)(C)[C@H]1O. The number of rotatable bonds is 7. The number of methoxy groups -OCH3 is 2. The number of hydrogen-bond acceptors (Lipinski definition) is 6. The number of fused-ring (bicyclic) bond motifs is 1. The van der Waals surface area contributed by atoms with Crippen LogP contribution in [-0.4, -0.2) is 43.4 Å². The molecule has 25 heavy (non-hydrogen) atoms. The molecule has 2 rings (SSSR count). The maximum absolute atomic E-state index is 12.2. The standard InChI is InChI=1S/C19H28O6/c1-7-8-9-24-17-15-13(25-19(3,4)18(17)21)10-12(22-5)14(11(2)20)16(15)23-6/h10,17-18,21H,7-9H2,1-6H3/t17-,18-/m0/s1. The molecule has 0 unspecified atom stereocenters. The molecule has 6 nitrogen and oxygen atoms in total. The van der Waals surface area contributed by atoms with Crippen LogP contribution < -0.4 is 14.2 Å². The van der Waals surface area contributed by atoms with Gasteiger partial charge in [0.25, 0.3) is 0 Å². The van der Waals surface area contributed by atoms with Crippen molar-refractivity contribution in [3.8, 4) is 17.2 Å². The van der Waals surface area contributed by atoms with Gasteiger partial charge in [-0.1, -0.05) is 13.3 Å². The lowest BCUT2D eigenvalue weighted by atomic mass is 9.86. The summed E-state index contributed by atoms with van der Waals surface area (Å²) >= 11 is 0. The van der Waals surface area contributed by atoms with Crippen molar-refractivity contribution < 1.29 is 28.8 Å². The first-order chi connectivity index (χ1) is 11.8. The first kappa shape index (κ1) is 19.5. The maximum Gasteiger partial charge on any atom is 0.167 e. The lowest BCUT2D eigenvalue weighted by molar-refractivity contribution is -0.136. The Labute approximate surface area is 149 Å². The summed E-state index contributed by atoms with van der Waals surface area (Å²) in [5.41, 5.74) is 0.0252. The molecule has 1 aliphatic heterocycles. The summed E-state index contributed by atoms with van der Waals surface area (Å²) in [5, 5.41) is 10.8. The first-order valence-electron chi connectivity index (χ1n) is 8.56. The number of Topliss-reactive ketones (excluding diaryl/α,β-unsaturated/α-hetero) is 1. The number of benzene rings is 1. The van der Waals surface area contributed by atoms with Crippen molar-refractivity contribution in [1.29, 1.82) is 0 Å². The van der Waals surface area contributed by atoms with E-state index in [4.69, 9.17) is 18.9 Å². The molecule has 0 amide bonds. The van der Waals surface area contributed by atoms with Crippen LogP contribution in [0, 0.1) is 0 Å². The van der Waals surface area contributed by atoms with E-state index in [-0.39, 0.29) is 5.78 Å². The largest absolute Gasteiger partial charge is 0.496 e. The molecule has 0 fully saturated rings. The highest BCUT2D eigenvalue weighted by molar-refractivity contribution is 6.00. The van der Waals surface area contributed by atoms with Crippen molar-refractivity contribution >= 4 is 5.78 Å². The van der Waals surface area contributed by atoms with Gasteiger partial charge in [-0.2, -0.15) is 0 Å². The van der Waals surface area contributed by atoms with Crippen molar-refractivity contribution in [2.75, 3.05) is 20.8 Å². The number of unbranched alkanes of at least 4 members (excludes halogenated alkanes) is 1. The number of hydrogen-bond donors (Lipinski definition) is 1. The zero-order valence-corrected chi connectivity index (χ0v) is 15.8. The molecule has 0 bridgehead atoms. The third-order valence-electron chi connectivity index (χ3n) is 4.47. The second-order valence-electron chi connectivity index (χ2n) is 6.75. The summed E-state index contributed by atoms with van der Waals surface area (Å²) < 4.78 is 22.9. The van der Waals surface area contributed by atoms with E-state index in [2.05, 4.69) is 6.92 Å². The van der Waals surface area contributed by atoms with E-state index >= 15 is 0 Å². The fourth-order valence-corrected chi connectivity index (χ4v) is 3.08. The number of ether oxygens (including phenoxy) is 4. The van der Waals surface area contributed by atoms with Gasteiger partial charge in [0.2, 0.25) is 0 Å². The van der Waals surface area contributed by atoms with E-state index in [1.54, 1.807) is 19.9 Å². The number of ketones is 1. The molecule has 0 aromatic heterocycles. The van der Waals surface area contributed by atoms with Crippen LogP contribution in [0.2, 0.25) is 0 Å². The minimum Gasteiger partial charge on any atom is -0.496 e. The molecule has 2 atom stereocenters. The Morgan fingerprint density at radius 1 is 1.32 bits per heavy atom. The fourth-order valence-electron chi connectivity index (χ4n) is 3.08. The molecule has 1 aromatic rings. The molecule has 1 aliphatic rings. The Kier molecular flexibility index (Phi) is 5.95. The van der Waals surface area contributed by atoms with Crippen molar-refractivity contribution in [2.45, 2.75) is 58.3 Å². The molecule has 140 valence electrons. The zero-order valence-electron chi connectivity index (χ0n) is 15.8. The van der Waals surface area contributed by atoms with Crippen LogP contribution in [0.4, 0.5) is 0 Å². The van der Waals surface area contributed by atoms with Gasteiger partial charge in [0, 0.05) is 12.7 Å². The van der Waals surface area contributed by atoms with E-state index < -0.39 is 17.8 Å². The Morgan fingerprint density at radius 3 is 2.52 bits per heavy atom. The summed E-state index contributed by atoms with van der Waals surface area (Å²) in [4.78, 5) is 12.2. The second-order valence-corrected chi connectivity index (χ2v) is 6.75. The minimum atomic E-state index is -0.904. The van der Waals surface area contributed by atoms with Crippen LogP contribution in [-0.2, 0) is 4.74 Å². The lowest BCUT2D eigenvalue weighted by Crippen LogP contribution is -2.49. The lowest BCUT2D eigenvalue weighted by Gasteiger charge is -2.42. The molecule has 6 heteroatoms. The number of carbonyl (C=O) groups is 1. The molecule has 0 saturated heterocycles. The topological polar surface area (TPSA) is 74.2 Å². The van der Waals surface area contributed by atoms with Gasteiger partial charge in [-0.15, -0.1) is 0 Å². The van der Waals surface area contributed by atoms with E-state index in [0.717, 1.165) is 12.8 Å². The predicted molar refractivity (Wildman–Crippen MR) is 93.9 cm³/mol. The van der Waals surface area contributed by atoms with Gasteiger partial charge in [0.05, 0.1) is 19.8 Å². The van der Waals surface area contributed by atoms with Gasteiger partial charge in [0.1, 0.15) is 40.6 Å². The highest BCUT2D eigenvalue weighted by atomic mass is 16.5. The smallest absolute Gasteiger partial charge is 0.167 e. The summed E-state index contributed by atoms with van der Waals surface area (Å²) in [5.74, 6) is 1.01. The second kappa shape index (κ2) is 7.62. The minimum absolute atomic E-state index is 0.192. The zero-order chi connectivity index (χ0) is 18.8. The molecule has 1 aromatic carbocycles. The molecular formula is C19H28O6. The van der Waals surface area contributed by atoms with Crippen LogP contribution in [0.15, 0.2) is 6.07 Å². The van der Waals surface area contributed by atoms with E-state index in [1.807, 2.05) is 0 Å².